The second-order valence-electron chi connectivity index (χ2n) is 0.838. The molecule has 6 heavy (non-hydrogen) atoms. The van der Waals surface area contributed by atoms with Crippen molar-refractivity contribution < 1.29 is 14.8 Å². The van der Waals surface area contributed by atoms with Crippen LogP contribution in [0.5, 0.6) is 0 Å². The van der Waals surface area contributed by atoms with Gasteiger partial charge in [0.2, 0.25) is 6.73 Å². The predicted octanol–water partition coefficient (Wildman–Crippen LogP) is -1.69. The monoisotopic (exact) mass is 90.1 g/mol. The molecule has 0 amide bonds. The molecule has 0 radical (unpaired) electrons. The molecule has 2 N–H and O–H groups in total. The Hall–Kier alpha value is -0.570. The topological polar surface area (TPSA) is 42.9 Å². The summed E-state index contributed by atoms with van der Waals surface area (Å²) < 4.78 is 4.25. The van der Waals surface area contributed by atoms with E-state index in [1.807, 2.05) is 7.05 Å². The molecule has 0 heterocycles. The zero-order chi connectivity index (χ0) is 4.83. The summed E-state index contributed by atoms with van der Waals surface area (Å²) in [5.74, 6) is 0. The number of carbonyl (C=O) groups is 1. The average Bonchev–Trinajstić information content (AvgIpc) is 1.61. The molecule has 0 aliphatic carbocycles. The van der Waals surface area contributed by atoms with Gasteiger partial charge in [-0.15, -0.1) is 0 Å². The van der Waals surface area contributed by atoms with Crippen molar-refractivity contribution in [3.63, 3.8) is 0 Å². The lowest BCUT2D eigenvalue weighted by molar-refractivity contribution is -0.655. The molecule has 0 aromatic rings. The van der Waals surface area contributed by atoms with E-state index in [1.54, 1.807) is 5.32 Å². The predicted molar refractivity (Wildman–Crippen MR) is 19.9 cm³/mol. The van der Waals surface area contributed by atoms with Crippen LogP contribution in [0.1, 0.15) is 0 Å². The summed E-state index contributed by atoms with van der Waals surface area (Å²) in [7, 11) is 1.82. The third kappa shape index (κ3) is 3.43. The smallest absolute Gasteiger partial charge is 0.297 e. The van der Waals surface area contributed by atoms with Crippen molar-refractivity contribution in [2.45, 2.75) is 0 Å². The molecule has 0 aliphatic rings. The molecule has 0 saturated heterocycles. The summed E-state index contributed by atoms with van der Waals surface area (Å²) in [4.78, 5) is 9.32. The lowest BCUT2D eigenvalue weighted by Gasteiger charge is -1.86. The number of rotatable bonds is 3. The Labute approximate surface area is 36.3 Å². The van der Waals surface area contributed by atoms with Gasteiger partial charge in [-0.1, -0.05) is 0 Å². The highest BCUT2D eigenvalue weighted by Gasteiger charge is 1.72. The lowest BCUT2D eigenvalue weighted by atomic mass is 11.1. The Morgan fingerprint density at radius 3 is 2.83 bits per heavy atom. The van der Waals surface area contributed by atoms with Crippen LogP contribution in [0.2, 0.25) is 0 Å². The van der Waals surface area contributed by atoms with E-state index in [-0.39, 0.29) is 0 Å². The van der Waals surface area contributed by atoms with Crippen LogP contribution in [0.25, 0.3) is 0 Å². The summed E-state index contributed by atoms with van der Waals surface area (Å²) in [6.07, 6.45) is 0. The molecule has 0 aromatic heterocycles. The molecule has 0 atom stereocenters. The highest BCUT2D eigenvalue weighted by atomic mass is 16.5. The van der Waals surface area contributed by atoms with Crippen LogP contribution in [0.15, 0.2) is 0 Å². The van der Waals surface area contributed by atoms with Crippen molar-refractivity contribution in [2.75, 3.05) is 13.8 Å². The standard InChI is InChI=1S/C3H7NO2/c1-4-2-6-3-5/h3-4H,2H2,1H3/p+1. The first-order valence-corrected chi connectivity index (χ1v) is 1.75. The average molecular weight is 90.1 g/mol. The van der Waals surface area contributed by atoms with Crippen LogP contribution in [-0.2, 0) is 9.53 Å². The van der Waals surface area contributed by atoms with Gasteiger partial charge in [-0.05, 0) is 0 Å². The van der Waals surface area contributed by atoms with Gasteiger partial charge in [0.25, 0.3) is 6.47 Å². The van der Waals surface area contributed by atoms with E-state index in [0.717, 1.165) is 0 Å². The second-order valence-corrected chi connectivity index (χ2v) is 0.838. The Kier molecular flexibility index (Phi) is 4.01. The van der Waals surface area contributed by atoms with E-state index < -0.39 is 0 Å². The van der Waals surface area contributed by atoms with Crippen LogP contribution in [0, 0.1) is 0 Å². The summed E-state index contributed by atoms with van der Waals surface area (Å²) >= 11 is 0. The fourth-order valence-electron chi connectivity index (χ4n) is 0.136. The molecular formula is C3H8NO2+. The molecule has 0 rings (SSSR count). The highest BCUT2D eigenvalue weighted by Crippen LogP contribution is 1.43. The van der Waals surface area contributed by atoms with E-state index in [0.29, 0.717) is 13.2 Å². The van der Waals surface area contributed by atoms with E-state index in [1.165, 1.54) is 0 Å². The quantitative estimate of drug-likeness (QED) is 0.255. The van der Waals surface area contributed by atoms with Crippen LogP contribution in [0.4, 0.5) is 0 Å². The van der Waals surface area contributed by atoms with Crippen molar-refractivity contribution >= 4 is 6.47 Å². The Morgan fingerprint density at radius 2 is 2.67 bits per heavy atom. The van der Waals surface area contributed by atoms with Crippen molar-refractivity contribution in [1.29, 1.82) is 0 Å². The summed E-state index contributed by atoms with van der Waals surface area (Å²) in [6.45, 7) is 0.851. The van der Waals surface area contributed by atoms with Crippen LogP contribution in [-0.4, -0.2) is 20.3 Å². The first-order chi connectivity index (χ1) is 2.91. The molecular weight excluding hydrogens is 82.0 g/mol. The van der Waals surface area contributed by atoms with Crippen molar-refractivity contribution in [1.82, 2.24) is 0 Å². The van der Waals surface area contributed by atoms with Gasteiger partial charge in [0.05, 0.1) is 7.05 Å². The van der Waals surface area contributed by atoms with Gasteiger partial charge < -0.3 is 10.1 Å². The molecule has 0 fully saturated rings. The fourth-order valence-corrected chi connectivity index (χ4v) is 0.136. The Bertz CT molecular complexity index is 37.8. The van der Waals surface area contributed by atoms with Gasteiger partial charge in [0.1, 0.15) is 0 Å². The van der Waals surface area contributed by atoms with Crippen LogP contribution < -0.4 is 5.32 Å². The molecule has 0 unspecified atom stereocenters. The largest absolute Gasteiger partial charge is 0.417 e. The van der Waals surface area contributed by atoms with Crippen molar-refractivity contribution in [3.8, 4) is 0 Å². The fraction of sp³-hybridized carbons (Fsp3) is 0.667. The maximum absolute atomic E-state index is 9.32. The summed E-state index contributed by atoms with van der Waals surface area (Å²) in [6, 6.07) is 0. The van der Waals surface area contributed by atoms with Gasteiger partial charge in [0.15, 0.2) is 0 Å². The van der Waals surface area contributed by atoms with Gasteiger partial charge in [0, 0.05) is 0 Å². The van der Waals surface area contributed by atoms with E-state index >= 15 is 0 Å². The number of ether oxygens (including phenoxy) is 1. The molecule has 3 heteroatoms. The number of hydrogen-bond acceptors (Lipinski definition) is 2. The number of nitrogens with two attached hydrogens (primary N) is 1. The molecule has 0 aliphatic heterocycles. The lowest BCUT2D eigenvalue weighted by Crippen LogP contribution is -2.80. The molecule has 0 spiro atoms. The van der Waals surface area contributed by atoms with E-state index in [9.17, 15) is 4.79 Å². The normalized spacial score (nSPS) is 7.50. The third-order valence-electron chi connectivity index (χ3n) is 0.331. The first-order valence-electron chi connectivity index (χ1n) is 1.75. The molecule has 0 bridgehead atoms. The van der Waals surface area contributed by atoms with Crippen LogP contribution >= 0.6 is 0 Å². The van der Waals surface area contributed by atoms with Gasteiger partial charge in [-0.2, -0.15) is 0 Å². The molecule has 3 nitrogen and oxygen atoms in total. The number of hydrogen-bond donors (Lipinski definition) is 1. The van der Waals surface area contributed by atoms with Gasteiger partial charge >= 0.3 is 0 Å². The van der Waals surface area contributed by atoms with Crippen molar-refractivity contribution in [2.24, 2.45) is 0 Å². The maximum Gasteiger partial charge on any atom is 0.297 e. The van der Waals surface area contributed by atoms with Gasteiger partial charge in [-0.25, -0.2) is 0 Å². The minimum Gasteiger partial charge on any atom is -0.417 e. The second kappa shape index (κ2) is 4.43. The van der Waals surface area contributed by atoms with Crippen molar-refractivity contribution in [3.05, 3.63) is 0 Å². The molecule has 36 valence electrons. The minimum atomic E-state index is 0.420. The number of quaternary nitrogens is 1. The maximum atomic E-state index is 9.32. The summed E-state index contributed by atoms with van der Waals surface area (Å²) in [5, 5.41) is 1.76. The first kappa shape index (κ1) is 5.43. The Balaban J connectivity index is 2.49. The number of carbonyl (C=O) groups excluding carboxylic acids is 1. The van der Waals surface area contributed by atoms with E-state index in [2.05, 4.69) is 4.74 Å². The van der Waals surface area contributed by atoms with Crippen LogP contribution in [0.3, 0.4) is 0 Å². The zero-order valence-electron chi connectivity index (χ0n) is 3.68. The zero-order valence-corrected chi connectivity index (χ0v) is 3.68. The Morgan fingerprint density at radius 1 is 2.00 bits per heavy atom. The van der Waals surface area contributed by atoms with E-state index in [4.69, 9.17) is 0 Å². The van der Waals surface area contributed by atoms with Gasteiger partial charge in [-0.3, -0.25) is 4.79 Å². The minimum absolute atomic E-state index is 0.420. The SMILES string of the molecule is C[NH2+]COC=O. The molecule has 0 saturated carbocycles. The summed E-state index contributed by atoms with van der Waals surface area (Å²) in [5.41, 5.74) is 0. The third-order valence-corrected chi connectivity index (χ3v) is 0.331. The highest BCUT2D eigenvalue weighted by molar-refractivity contribution is 5.36. The molecule has 0 aromatic carbocycles.